The maximum absolute atomic E-state index is 14.0. The van der Waals surface area contributed by atoms with Crippen molar-refractivity contribution in [2.24, 2.45) is 0 Å². The maximum atomic E-state index is 14.0. The summed E-state index contributed by atoms with van der Waals surface area (Å²) in [6.07, 6.45) is 0.719. The van der Waals surface area contributed by atoms with Crippen LogP contribution in [0.25, 0.3) is 9.88 Å². The number of carbonyl (C=O) groups is 2. The number of thiophene rings is 1. The lowest BCUT2D eigenvalue weighted by atomic mass is 10.2. The van der Waals surface area contributed by atoms with Crippen molar-refractivity contribution in [1.29, 1.82) is 0 Å². The first kappa shape index (κ1) is 20.0. The Bertz CT molecular complexity index is 994. The fraction of sp³-hybridized carbons (Fsp3) is 0.211. The van der Waals surface area contributed by atoms with Gasteiger partial charge in [0.15, 0.2) is 0 Å². The lowest BCUT2D eigenvalue weighted by Gasteiger charge is -2.20. The SMILES string of the molecule is CC(C)(C)OC(=O)Nc1cc(NC(=O)c2cnc(-c3cccs3)s2)ccc1F. The number of halogens is 1. The first-order chi connectivity index (χ1) is 13.2. The van der Waals surface area contributed by atoms with Gasteiger partial charge in [0.2, 0.25) is 0 Å². The molecule has 146 valence electrons. The van der Waals surface area contributed by atoms with Gasteiger partial charge in [0.25, 0.3) is 5.91 Å². The van der Waals surface area contributed by atoms with Crippen LogP contribution < -0.4 is 10.6 Å². The summed E-state index contributed by atoms with van der Waals surface area (Å²) in [5.41, 5.74) is -0.460. The number of aromatic nitrogens is 1. The molecule has 0 fully saturated rings. The molecule has 3 aromatic rings. The Morgan fingerprint density at radius 2 is 1.96 bits per heavy atom. The Hall–Kier alpha value is -2.78. The summed E-state index contributed by atoms with van der Waals surface area (Å²) in [5, 5.41) is 7.72. The minimum Gasteiger partial charge on any atom is -0.444 e. The second-order valence-corrected chi connectivity index (χ2v) is 8.76. The Morgan fingerprint density at radius 1 is 1.18 bits per heavy atom. The molecule has 1 aromatic carbocycles. The number of anilines is 2. The van der Waals surface area contributed by atoms with Crippen molar-refractivity contribution in [3.63, 3.8) is 0 Å². The molecule has 0 atom stereocenters. The highest BCUT2D eigenvalue weighted by molar-refractivity contribution is 7.22. The number of benzene rings is 1. The summed E-state index contributed by atoms with van der Waals surface area (Å²) in [6.45, 7) is 5.12. The topological polar surface area (TPSA) is 80.3 Å². The van der Waals surface area contributed by atoms with Crippen LogP contribution in [-0.2, 0) is 4.74 Å². The number of carbonyl (C=O) groups excluding carboxylic acids is 2. The number of rotatable bonds is 4. The van der Waals surface area contributed by atoms with E-state index in [0.717, 1.165) is 16.0 Å². The van der Waals surface area contributed by atoms with Gasteiger partial charge in [0.05, 0.1) is 16.8 Å². The van der Waals surface area contributed by atoms with E-state index in [1.165, 1.54) is 29.7 Å². The van der Waals surface area contributed by atoms with E-state index in [1.54, 1.807) is 32.1 Å². The molecule has 9 heteroatoms. The zero-order chi connectivity index (χ0) is 20.3. The lowest BCUT2D eigenvalue weighted by molar-refractivity contribution is 0.0635. The van der Waals surface area contributed by atoms with Gasteiger partial charge < -0.3 is 10.1 Å². The van der Waals surface area contributed by atoms with Crippen molar-refractivity contribution >= 4 is 46.0 Å². The zero-order valence-corrected chi connectivity index (χ0v) is 17.0. The number of ether oxygens (including phenoxy) is 1. The number of amides is 2. The van der Waals surface area contributed by atoms with Crippen LogP contribution >= 0.6 is 22.7 Å². The lowest BCUT2D eigenvalue weighted by Crippen LogP contribution is -2.27. The molecule has 28 heavy (non-hydrogen) atoms. The van der Waals surface area contributed by atoms with Crippen LogP contribution in [0.2, 0.25) is 0 Å². The molecule has 0 saturated heterocycles. The second kappa shape index (κ2) is 8.07. The summed E-state index contributed by atoms with van der Waals surface area (Å²) in [4.78, 5) is 30.0. The predicted molar refractivity (Wildman–Crippen MR) is 110 cm³/mol. The van der Waals surface area contributed by atoms with Crippen molar-refractivity contribution in [2.45, 2.75) is 26.4 Å². The third-order valence-corrected chi connectivity index (χ3v) is 5.36. The first-order valence-corrected chi connectivity index (χ1v) is 10.0. The van der Waals surface area contributed by atoms with E-state index < -0.39 is 17.5 Å². The maximum Gasteiger partial charge on any atom is 0.412 e. The zero-order valence-electron chi connectivity index (χ0n) is 15.4. The van der Waals surface area contributed by atoms with Crippen LogP contribution in [0.1, 0.15) is 30.4 Å². The van der Waals surface area contributed by atoms with Crippen LogP contribution in [0.5, 0.6) is 0 Å². The molecule has 2 amide bonds. The Kier molecular flexibility index (Phi) is 5.76. The molecule has 2 heterocycles. The van der Waals surface area contributed by atoms with Crippen molar-refractivity contribution < 1.29 is 18.7 Å². The predicted octanol–water partition coefficient (Wildman–Crippen LogP) is 5.61. The fourth-order valence-electron chi connectivity index (χ4n) is 2.20. The first-order valence-electron chi connectivity index (χ1n) is 8.32. The summed E-state index contributed by atoms with van der Waals surface area (Å²) < 4.78 is 19.1. The van der Waals surface area contributed by atoms with Crippen molar-refractivity contribution in [1.82, 2.24) is 4.98 Å². The minimum atomic E-state index is -0.780. The second-order valence-electron chi connectivity index (χ2n) is 6.78. The van der Waals surface area contributed by atoms with E-state index in [4.69, 9.17) is 4.74 Å². The molecule has 3 rings (SSSR count). The van der Waals surface area contributed by atoms with Gasteiger partial charge in [0.1, 0.15) is 21.3 Å². The fourth-order valence-corrected chi connectivity index (χ4v) is 3.81. The Labute approximate surface area is 169 Å². The highest BCUT2D eigenvalue weighted by Crippen LogP contribution is 2.29. The van der Waals surface area contributed by atoms with Crippen LogP contribution in [0, 0.1) is 5.82 Å². The van der Waals surface area contributed by atoms with Crippen LogP contribution in [0.4, 0.5) is 20.6 Å². The summed E-state index contributed by atoms with van der Waals surface area (Å²) in [7, 11) is 0. The smallest absolute Gasteiger partial charge is 0.412 e. The van der Waals surface area contributed by atoms with Crippen LogP contribution in [-0.4, -0.2) is 22.6 Å². The van der Waals surface area contributed by atoms with E-state index in [0.29, 0.717) is 10.6 Å². The molecule has 0 bridgehead atoms. The van der Waals surface area contributed by atoms with Gasteiger partial charge in [-0.15, -0.1) is 22.7 Å². The molecule has 2 aromatic heterocycles. The normalized spacial score (nSPS) is 11.1. The van der Waals surface area contributed by atoms with Crippen molar-refractivity contribution in [2.75, 3.05) is 10.6 Å². The molecule has 6 nitrogen and oxygen atoms in total. The Morgan fingerprint density at radius 3 is 2.64 bits per heavy atom. The highest BCUT2D eigenvalue weighted by Gasteiger charge is 2.18. The monoisotopic (exact) mass is 419 g/mol. The molecule has 2 N–H and O–H groups in total. The molecular formula is C19H18FN3O3S2. The molecule has 0 aliphatic rings. The number of thiazole rings is 1. The average molecular weight is 420 g/mol. The van der Waals surface area contributed by atoms with Gasteiger partial charge in [-0.1, -0.05) is 6.07 Å². The quantitative estimate of drug-likeness (QED) is 0.576. The molecule has 0 spiro atoms. The number of nitrogens with zero attached hydrogens (tertiary/aromatic N) is 1. The van der Waals surface area contributed by atoms with E-state index in [-0.39, 0.29) is 11.6 Å². The number of hydrogen-bond acceptors (Lipinski definition) is 6. The van der Waals surface area contributed by atoms with Gasteiger partial charge in [-0.25, -0.2) is 14.2 Å². The van der Waals surface area contributed by atoms with Gasteiger partial charge in [-0.3, -0.25) is 10.1 Å². The average Bonchev–Trinajstić information content (AvgIpc) is 3.26. The number of hydrogen-bond donors (Lipinski definition) is 2. The molecule has 0 saturated carbocycles. The molecule has 0 radical (unpaired) electrons. The third-order valence-electron chi connectivity index (χ3n) is 3.32. The summed E-state index contributed by atoms with van der Waals surface area (Å²) in [5.74, 6) is -1.00. The van der Waals surface area contributed by atoms with E-state index in [1.807, 2.05) is 17.5 Å². The van der Waals surface area contributed by atoms with Gasteiger partial charge in [-0.05, 0) is 50.4 Å². The summed E-state index contributed by atoms with van der Waals surface area (Å²) in [6, 6.07) is 7.75. The molecular weight excluding hydrogens is 401 g/mol. The largest absolute Gasteiger partial charge is 0.444 e. The van der Waals surface area contributed by atoms with E-state index in [2.05, 4.69) is 15.6 Å². The standard InChI is InChI=1S/C19H18FN3O3S2/c1-19(2,3)26-18(25)23-13-9-11(6-7-12(13)20)22-16(24)15-10-21-17(28-15)14-5-4-8-27-14/h4-10H,1-3H3,(H,22,24)(H,23,25). The van der Waals surface area contributed by atoms with Crippen molar-refractivity contribution in [3.8, 4) is 9.88 Å². The third kappa shape index (κ3) is 5.14. The van der Waals surface area contributed by atoms with Gasteiger partial charge in [-0.2, -0.15) is 0 Å². The summed E-state index contributed by atoms with van der Waals surface area (Å²) >= 11 is 2.81. The number of nitrogens with one attached hydrogen (secondary N) is 2. The van der Waals surface area contributed by atoms with Crippen LogP contribution in [0.15, 0.2) is 41.9 Å². The molecule has 0 aliphatic carbocycles. The Balaban J connectivity index is 1.70. The van der Waals surface area contributed by atoms with Crippen molar-refractivity contribution in [3.05, 3.63) is 52.6 Å². The highest BCUT2D eigenvalue weighted by atomic mass is 32.1. The van der Waals surface area contributed by atoms with Gasteiger partial charge in [0, 0.05) is 5.69 Å². The molecule has 0 unspecified atom stereocenters. The van der Waals surface area contributed by atoms with E-state index >= 15 is 0 Å². The van der Waals surface area contributed by atoms with E-state index in [9.17, 15) is 14.0 Å². The van der Waals surface area contributed by atoms with Crippen LogP contribution in [0.3, 0.4) is 0 Å². The molecule has 0 aliphatic heterocycles. The van der Waals surface area contributed by atoms with Gasteiger partial charge >= 0.3 is 6.09 Å². The minimum absolute atomic E-state index is 0.0874.